The molecule has 1 fully saturated rings. The summed E-state index contributed by atoms with van der Waals surface area (Å²) in [6.45, 7) is 2.23. The molecule has 0 unspecified atom stereocenters. The fraction of sp³-hybridized carbons (Fsp3) is 0.500. The average molecular weight is 190 g/mol. The van der Waals surface area contributed by atoms with Crippen molar-refractivity contribution in [2.45, 2.75) is 18.9 Å². The topological polar surface area (TPSA) is 38.0 Å². The first-order valence-electron chi connectivity index (χ1n) is 5.39. The maximum absolute atomic E-state index is 6.24. The van der Waals surface area contributed by atoms with Gasteiger partial charge in [-0.05, 0) is 37.4 Å². The van der Waals surface area contributed by atoms with Crippen molar-refractivity contribution in [2.75, 3.05) is 13.1 Å². The van der Waals surface area contributed by atoms with Crippen LogP contribution in [-0.2, 0) is 0 Å². The van der Waals surface area contributed by atoms with Gasteiger partial charge in [0, 0.05) is 6.04 Å². The van der Waals surface area contributed by atoms with Gasteiger partial charge in [0.2, 0.25) is 0 Å². The van der Waals surface area contributed by atoms with Gasteiger partial charge in [-0.3, -0.25) is 0 Å². The van der Waals surface area contributed by atoms with E-state index >= 15 is 0 Å². The molecule has 0 saturated carbocycles. The van der Waals surface area contributed by atoms with Crippen molar-refractivity contribution in [1.82, 2.24) is 5.32 Å². The first kappa shape index (κ1) is 9.69. The quantitative estimate of drug-likeness (QED) is 0.744. The molecule has 2 rings (SSSR count). The lowest BCUT2D eigenvalue weighted by atomic mass is 9.87. The van der Waals surface area contributed by atoms with Crippen molar-refractivity contribution in [1.29, 1.82) is 0 Å². The molecular weight excluding hydrogens is 172 g/mol. The molecule has 3 N–H and O–H groups in total. The van der Waals surface area contributed by atoms with Crippen molar-refractivity contribution >= 4 is 0 Å². The van der Waals surface area contributed by atoms with Crippen molar-refractivity contribution in [3.63, 3.8) is 0 Å². The van der Waals surface area contributed by atoms with Crippen LogP contribution >= 0.6 is 0 Å². The second kappa shape index (κ2) is 4.58. The van der Waals surface area contributed by atoms with Gasteiger partial charge in [-0.2, -0.15) is 0 Å². The molecule has 1 aromatic rings. The van der Waals surface area contributed by atoms with Crippen LogP contribution in [0.4, 0.5) is 0 Å². The van der Waals surface area contributed by atoms with E-state index in [1.807, 2.05) is 6.07 Å². The zero-order chi connectivity index (χ0) is 9.80. The fourth-order valence-electron chi connectivity index (χ4n) is 2.15. The minimum absolute atomic E-state index is 0.221. The zero-order valence-electron chi connectivity index (χ0n) is 8.45. The lowest BCUT2D eigenvalue weighted by Gasteiger charge is -2.28. The summed E-state index contributed by atoms with van der Waals surface area (Å²) >= 11 is 0. The van der Waals surface area contributed by atoms with Crippen LogP contribution in [0.15, 0.2) is 30.3 Å². The summed E-state index contributed by atoms with van der Waals surface area (Å²) in [7, 11) is 0. The molecule has 2 heteroatoms. The van der Waals surface area contributed by atoms with Crippen LogP contribution in [-0.4, -0.2) is 13.1 Å². The predicted octanol–water partition coefficient (Wildman–Crippen LogP) is 1.69. The maximum atomic E-state index is 6.24. The molecule has 0 radical (unpaired) electrons. The van der Waals surface area contributed by atoms with Gasteiger partial charge in [0.1, 0.15) is 0 Å². The van der Waals surface area contributed by atoms with Gasteiger partial charge in [-0.1, -0.05) is 30.3 Å². The Labute approximate surface area is 85.5 Å². The number of hydrogen-bond donors (Lipinski definition) is 2. The number of rotatable bonds is 2. The number of hydrogen-bond acceptors (Lipinski definition) is 2. The zero-order valence-corrected chi connectivity index (χ0v) is 8.45. The normalized spacial score (nSPS) is 20.6. The van der Waals surface area contributed by atoms with Gasteiger partial charge in [0.25, 0.3) is 0 Å². The Bertz CT molecular complexity index is 265. The third kappa shape index (κ3) is 2.14. The highest BCUT2D eigenvalue weighted by Gasteiger charge is 2.20. The summed E-state index contributed by atoms with van der Waals surface area (Å²) in [6.07, 6.45) is 2.41. The van der Waals surface area contributed by atoms with Crippen LogP contribution in [0.3, 0.4) is 0 Å². The van der Waals surface area contributed by atoms with E-state index in [1.54, 1.807) is 0 Å². The van der Waals surface area contributed by atoms with Crippen molar-refractivity contribution in [3.8, 4) is 0 Å². The van der Waals surface area contributed by atoms with E-state index in [0.29, 0.717) is 5.92 Å². The highest BCUT2D eigenvalue weighted by atomic mass is 14.9. The Morgan fingerprint density at radius 1 is 1.14 bits per heavy atom. The summed E-state index contributed by atoms with van der Waals surface area (Å²) in [5.41, 5.74) is 7.52. The van der Waals surface area contributed by atoms with Gasteiger partial charge < -0.3 is 11.1 Å². The first-order chi connectivity index (χ1) is 6.88. The largest absolute Gasteiger partial charge is 0.324 e. The van der Waals surface area contributed by atoms with Crippen LogP contribution in [0.1, 0.15) is 24.4 Å². The van der Waals surface area contributed by atoms with E-state index in [4.69, 9.17) is 5.73 Å². The van der Waals surface area contributed by atoms with Gasteiger partial charge in [0.05, 0.1) is 0 Å². The summed E-state index contributed by atoms with van der Waals surface area (Å²) in [5.74, 6) is 0.652. The van der Waals surface area contributed by atoms with E-state index < -0.39 is 0 Å². The monoisotopic (exact) mass is 190 g/mol. The highest BCUT2D eigenvalue weighted by Crippen LogP contribution is 2.26. The molecule has 1 aliphatic rings. The molecule has 0 aliphatic carbocycles. The van der Waals surface area contributed by atoms with Crippen molar-refractivity contribution < 1.29 is 0 Å². The summed E-state index contributed by atoms with van der Waals surface area (Å²) in [6, 6.07) is 10.7. The Kier molecular flexibility index (Phi) is 3.17. The molecule has 0 amide bonds. The molecule has 0 aromatic heterocycles. The highest BCUT2D eigenvalue weighted by molar-refractivity contribution is 5.19. The van der Waals surface area contributed by atoms with Gasteiger partial charge in [0.15, 0.2) is 0 Å². The summed E-state index contributed by atoms with van der Waals surface area (Å²) < 4.78 is 0. The average Bonchev–Trinajstić information content (AvgIpc) is 2.30. The number of benzene rings is 1. The van der Waals surface area contributed by atoms with E-state index in [-0.39, 0.29) is 6.04 Å². The van der Waals surface area contributed by atoms with Crippen LogP contribution in [0.25, 0.3) is 0 Å². The molecule has 1 saturated heterocycles. The number of nitrogens with one attached hydrogen (secondary N) is 1. The first-order valence-corrected chi connectivity index (χ1v) is 5.39. The molecule has 2 nitrogen and oxygen atoms in total. The molecule has 76 valence electrons. The standard InChI is InChI=1S/C12H18N2/c13-12(10-4-2-1-3-5-10)11-6-8-14-9-7-11/h1-5,11-12,14H,6-9,13H2/t12-/m1/s1. The SMILES string of the molecule is N[C@H](c1ccccc1)C1CCNCC1. The second-order valence-corrected chi connectivity index (χ2v) is 4.02. The van der Waals surface area contributed by atoms with Gasteiger partial charge in [-0.25, -0.2) is 0 Å². The second-order valence-electron chi connectivity index (χ2n) is 4.02. The Hall–Kier alpha value is -0.860. The van der Waals surface area contributed by atoms with Crippen LogP contribution in [0, 0.1) is 5.92 Å². The minimum Gasteiger partial charge on any atom is -0.324 e. The van der Waals surface area contributed by atoms with Crippen molar-refractivity contribution in [3.05, 3.63) is 35.9 Å². The van der Waals surface area contributed by atoms with Crippen LogP contribution in [0.5, 0.6) is 0 Å². The molecule has 14 heavy (non-hydrogen) atoms. The third-order valence-electron chi connectivity index (χ3n) is 3.08. The van der Waals surface area contributed by atoms with Crippen LogP contribution in [0.2, 0.25) is 0 Å². The van der Waals surface area contributed by atoms with Gasteiger partial charge in [-0.15, -0.1) is 0 Å². The molecule has 1 atom stereocenters. The van der Waals surface area contributed by atoms with E-state index in [0.717, 1.165) is 13.1 Å². The molecule has 0 bridgehead atoms. The van der Waals surface area contributed by atoms with E-state index in [1.165, 1.54) is 18.4 Å². The van der Waals surface area contributed by atoms with E-state index in [9.17, 15) is 0 Å². The predicted molar refractivity (Wildman–Crippen MR) is 59.0 cm³/mol. The minimum atomic E-state index is 0.221. The van der Waals surface area contributed by atoms with E-state index in [2.05, 4.69) is 29.6 Å². The van der Waals surface area contributed by atoms with Gasteiger partial charge >= 0.3 is 0 Å². The summed E-state index contributed by atoms with van der Waals surface area (Å²) in [5, 5.41) is 3.37. The maximum Gasteiger partial charge on any atom is 0.0324 e. The smallest absolute Gasteiger partial charge is 0.0324 e. The summed E-state index contributed by atoms with van der Waals surface area (Å²) in [4.78, 5) is 0. The Balaban J connectivity index is 2.03. The lowest BCUT2D eigenvalue weighted by molar-refractivity contribution is 0.322. The Morgan fingerprint density at radius 3 is 2.43 bits per heavy atom. The lowest BCUT2D eigenvalue weighted by Crippen LogP contribution is -2.33. The molecule has 0 spiro atoms. The fourth-order valence-corrected chi connectivity index (χ4v) is 2.15. The molecule has 1 aliphatic heterocycles. The molecular formula is C12H18N2. The Morgan fingerprint density at radius 2 is 1.79 bits per heavy atom. The number of piperidine rings is 1. The molecule has 1 heterocycles. The number of nitrogens with two attached hydrogens (primary N) is 1. The van der Waals surface area contributed by atoms with Crippen molar-refractivity contribution in [2.24, 2.45) is 11.7 Å². The van der Waals surface area contributed by atoms with Crippen LogP contribution < -0.4 is 11.1 Å². The third-order valence-corrected chi connectivity index (χ3v) is 3.08. The molecule has 1 aromatic carbocycles.